The van der Waals surface area contributed by atoms with Crippen molar-refractivity contribution in [3.05, 3.63) is 53.7 Å². The molecule has 2 aromatic rings. The maximum atomic E-state index is 13.0. The molecule has 0 unspecified atom stereocenters. The van der Waals surface area contributed by atoms with Crippen LogP contribution in [0.25, 0.3) is 0 Å². The van der Waals surface area contributed by atoms with Gasteiger partial charge in [-0.05, 0) is 30.2 Å². The maximum Gasteiger partial charge on any atom is 0.144 e. The minimum Gasteiger partial charge on any atom is -0.392 e. The summed E-state index contributed by atoms with van der Waals surface area (Å²) in [5, 5.41) is 9.94. The Hall–Kier alpha value is -2.05. The monoisotopic (exact) mass is 288 g/mol. The fourth-order valence-corrected chi connectivity index (χ4v) is 2.76. The Morgan fingerprint density at radius 2 is 2.05 bits per heavy atom. The van der Waals surface area contributed by atoms with E-state index in [2.05, 4.69) is 14.9 Å². The Kier molecular flexibility index (Phi) is 3.81. The first-order valence-corrected chi connectivity index (χ1v) is 6.87. The lowest BCUT2D eigenvalue weighted by atomic mass is 10.0. The van der Waals surface area contributed by atoms with Gasteiger partial charge in [0.15, 0.2) is 0 Å². The zero-order valence-electron chi connectivity index (χ0n) is 11.5. The molecule has 2 heterocycles. The molecular formula is C15H17FN4O. The van der Waals surface area contributed by atoms with Gasteiger partial charge in [0.05, 0.1) is 12.6 Å². The van der Waals surface area contributed by atoms with Gasteiger partial charge < -0.3 is 10.8 Å². The van der Waals surface area contributed by atoms with Crippen molar-refractivity contribution in [2.24, 2.45) is 0 Å². The van der Waals surface area contributed by atoms with Crippen LogP contribution in [0.3, 0.4) is 0 Å². The first-order valence-electron chi connectivity index (χ1n) is 6.87. The summed E-state index contributed by atoms with van der Waals surface area (Å²) in [6.45, 7) is 1.05. The summed E-state index contributed by atoms with van der Waals surface area (Å²) in [6, 6.07) is 8.06. The summed E-state index contributed by atoms with van der Waals surface area (Å²) >= 11 is 0. The molecule has 0 radical (unpaired) electrons. The Bertz CT molecular complexity index is 619. The highest BCUT2D eigenvalue weighted by atomic mass is 19.1. The number of nitrogens with two attached hydrogens (primary N) is 1. The van der Waals surface area contributed by atoms with Crippen LogP contribution < -0.4 is 5.73 Å². The van der Waals surface area contributed by atoms with E-state index in [-0.39, 0.29) is 11.9 Å². The molecule has 0 aliphatic carbocycles. The molecule has 3 rings (SSSR count). The third-order valence-electron chi connectivity index (χ3n) is 3.71. The summed E-state index contributed by atoms with van der Waals surface area (Å²) in [6.07, 6.45) is 1.84. The van der Waals surface area contributed by atoms with Gasteiger partial charge in [0.25, 0.3) is 0 Å². The Balaban J connectivity index is 1.80. The highest BCUT2D eigenvalue weighted by molar-refractivity contribution is 5.25. The molecule has 3 N–H and O–H groups in total. The van der Waals surface area contributed by atoms with Crippen molar-refractivity contribution in [3.8, 4) is 0 Å². The van der Waals surface area contributed by atoms with Crippen LogP contribution in [0, 0.1) is 5.82 Å². The topological polar surface area (TPSA) is 75.3 Å². The Labute approximate surface area is 122 Å². The van der Waals surface area contributed by atoms with Gasteiger partial charge in [-0.25, -0.2) is 14.4 Å². The number of anilines is 1. The Morgan fingerprint density at radius 1 is 1.29 bits per heavy atom. The predicted octanol–water partition coefficient (Wildman–Crippen LogP) is 1.51. The quantitative estimate of drug-likeness (QED) is 0.895. The number of β-amino-alcohol motifs (C(OH)–C–C–N with tert-alkyl or cyclic N) is 1. The van der Waals surface area contributed by atoms with Crippen LogP contribution in [-0.2, 0) is 6.54 Å². The lowest BCUT2D eigenvalue weighted by Gasteiger charge is -2.23. The summed E-state index contributed by atoms with van der Waals surface area (Å²) in [5.74, 6) is 0.789. The van der Waals surface area contributed by atoms with Crippen molar-refractivity contribution in [1.82, 2.24) is 14.9 Å². The summed E-state index contributed by atoms with van der Waals surface area (Å²) in [7, 11) is 0. The van der Waals surface area contributed by atoms with Gasteiger partial charge in [-0.3, -0.25) is 4.90 Å². The minimum atomic E-state index is -0.402. The SMILES string of the molecule is Nc1ccnc(CN2C[C@@H](O)C[C@H]2c2ccc(F)cc2)n1. The second kappa shape index (κ2) is 5.75. The van der Waals surface area contributed by atoms with E-state index in [1.54, 1.807) is 24.4 Å². The van der Waals surface area contributed by atoms with E-state index in [0.717, 1.165) is 5.56 Å². The molecule has 1 aromatic carbocycles. The number of rotatable bonds is 3. The van der Waals surface area contributed by atoms with Gasteiger partial charge in [0.1, 0.15) is 17.5 Å². The number of benzene rings is 1. The lowest BCUT2D eigenvalue weighted by molar-refractivity contribution is 0.171. The van der Waals surface area contributed by atoms with Gasteiger partial charge in [-0.15, -0.1) is 0 Å². The van der Waals surface area contributed by atoms with E-state index in [1.807, 2.05) is 0 Å². The van der Waals surface area contributed by atoms with Gasteiger partial charge in [0, 0.05) is 18.8 Å². The smallest absolute Gasteiger partial charge is 0.144 e. The Morgan fingerprint density at radius 3 is 2.76 bits per heavy atom. The molecule has 110 valence electrons. The second-order valence-corrected chi connectivity index (χ2v) is 5.28. The van der Waals surface area contributed by atoms with Crippen molar-refractivity contribution < 1.29 is 9.50 Å². The second-order valence-electron chi connectivity index (χ2n) is 5.28. The van der Waals surface area contributed by atoms with Gasteiger partial charge in [0.2, 0.25) is 0 Å². The highest BCUT2D eigenvalue weighted by Gasteiger charge is 2.32. The summed E-state index contributed by atoms with van der Waals surface area (Å²) in [4.78, 5) is 10.5. The number of nitrogen functional groups attached to an aromatic ring is 1. The fraction of sp³-hybridized carbons (Fsp3) is 0.333. The van der Waals surface area contributed by atoms with Crippen LogP contribution in [0.4, 0.5) is 10.2 Å². The molecular weight excluding hydrogens is 271 g/mol. The van der Waals surface area contributed by atoms with Crippen LogP contribution in [0.15, 0.2) is 36.5 Å². The molecule has 1 saturated heterocycles. The zero-order valence-corrected chi connectivity index (χ0v) is 11.5. The van der Waals surface area contributed by atoms with Gasteiger partial charge in [-0.2, -0.15) is 0 Å². The van der Waals surface area contributed by atoms with Crippen molar-refractivity contribution in [2.45, 2.75) is 25.1 Å². The van der Waals surface area contributed by atoms with Crippen LogP contribution in [0.2, 0.25) is 0 Å². The zero-order chi connectivity index (χ0) is 14.8. The molecule has 5 nitrogen and oxygen atoms in total. The first-order chi connectivity index (χ1) is 10.1. The molecule has 6 heteroatoms. The van der Waals surface area contributed by atoms with E-state index in [1.165, 1.54) is 12.1 Å². The number of nitrogens with zero attached hydrogens (tertiary/aromatic N) is 3. The van der Waals surface area contributed by atoms with Crippen molar-refractivity contribution in [2.75, 3.05) is 12.3 Å². The standard InChI is InChI=1S/C15H17FN4O/c16-11-3-1-10(2-4-11)13-7-12(21)8-20(13)9-15-18-6-5-14(17)19-15/h1-6,12-13,21H,7-9H2,(H2,17,18,19)/t12-,13-/m0/s1. The average molecular weight is 288 g/mol. The van der Waals surface area contributed by atoms with Crippen LogP contribution >= 0.6 is 0 Å². The molecule has 1 aromatic heterocycles. The number of halogens is 1. The predicted molar refractivity (Wildman–Crippen MR) is 76.6 cm³/mol. The molecule has 0 saturated carbocycles. The van der Waals surface area contributed by atoms with E-state index in [9.17, 15) is 9.50 Å². The van der Waals surface area contributed by atoms with Crippen LogP contribution in [0.5, 0.6) is 0 Å². The fourth-order valence-electron chi connectivity index (χ4n) is 2.76. The molecule has 1 aliphatic heterocycles. The van der Waals surface area contributed by atoms with Crippen LogP contribution in [-0.4, -0.2) is 32.6 Å². The molecule has 0 spiro atoms. The number of hydrogen-bond acceptors (Lipinski definition) is 5. The molecule has 0 bridgehead atoms. The molecule has 0 amide bonds. The van der Waals surface area contributed by atoms with E-state index >= 15 is 0 Å². The molecule has 1 aliphatic rings. The van der Waals surface area contributed by atoms with Crippen molar-refractivity contribution in [1.29, 1.82) is 0 Å². The summed E-state index contributed by atoms with van der Waals surface area (Å²) < 4.78 is 13.0. The maximum absolute atomic E-state index is 13.0. The molecule has 21 heavy (non-hydrogen) atoms. The lowest BCUT2D eigenvalue weighted by Crippen LogP contribution is -2.25. The highest BCUT2D eigenvalue weighted by Crippen LogP contribution is 2.33. The third-order valence-corrected chi connectivity index (χ3v) is 3.71. The van der Waals surface area contributed by atoms with E-state index < -0.39 is 6.10 Å². The number of aliphatic hydroxyl groups excluding tert-OH is 1. The number of hydrogen-bond donors (Lipinski definition) is 2. The van der Waals surface area contributed by atoms with Crippen molar-refractivity contribution >= 4 is 5.82 Å². The van der Waals surface area contributed by atoms with Crippen LogP contribution in [0.1, 0.15) is 23.9 Å². The summed E-state index contributed by atoms with van der Waals surface area (Å²) in [5.41, 5.74) is 6.65. The van der Waals surface area contributed by atoms with E-state index in [4.69, 9.17) is 5.73 Å². The third kappa shape index (κ3) is 3.17. The largest absolute Gasteiger partial charge is 0.392 e. The normalized spacial score (nSPS) is 22.6. The first kappa shape index (κ1) is 13.9. The van der Waals surface area contributed by atoms with E-state index in [0.29, 0.717) is 31.2 Å². The van der Waals surface area contributed by atoms with Gasteiger partial charge >= 0.3 is 0 Å². The molecule has 2 atom stereocenters. The minimum absolute atomic E-state index is 0.0330. The number of aromatic nitrogens is 2. The number of aliphatic hydroxyl groups is 1. The molecule has 1 fully saturated rings. The van der Waals surface area contributed by atoms with Gasteiger partial charge in [-0.1, -0.05) is 12.1 Å². The number of likely N-dealkylation sites (tertiary alicyclic amines) is 1. The van der Waals surface area contributed by atoms with Crippen molar-refractivity contribution in [3.63, 3.8) is 0 Å². The average Bonchev–Trinajstić information content (AvgIpc) is 2.80.